The van der Waals surface area contributed by atoms with E-state index in [1.807, 2.05) is 0 Å². The fourth-order valence-corrected chi connectivity index (χ4v) is 1.99. The van der Waals surface area contributed by atoms with Crippen molar-refractivity contribution in [2.45, 2.75) is 12.3 Å². The van der Waals surface area contributed by atoms with Crippen molar-refractivity contribution in [3.63, 3.8) is 0 Å². The third kappa shape index (κ3) is 2.61. The van der Waals surface area contributed by atoms with Gasteiger partial charge >= 0.3 is 12.1 Å². The Bertz CT molecular complexity index is 607. The molecule has 1 atom stereocenters. The topological polar surface area (TPSA) is 65.0 Å². The number of hydrogen-bond acceptors (Lipinski definition) is 4. The average Bonchev–Trinajstić information content (AvgIpc) is 2.43. The molecule has 21 heavy (non-hydrogen) atoms. The predicted octanol–water partition coefficient (Wildman–Crippen LogP) is 2.50. The van der Waals surface area contributed by atoms with Crippen LogP contribution in [-0.4, -0.2) is 37.6 Å². The normalized spacial score (nSPS) is 17.4. The van der Waals surface area contributed by atoms with E-state index in [4.69, 9.17) is 19.3 Å². The number of carboxylic acids is 1. The molecule has 1 aliphatic heterocycles. The van der Waals surface area contributed by atoms with Gasteiger partial charge in [0.1, 0.15) is 0 Å². The van der Waals surface area contributed by atoms with Gasteiger partial charge < -0.3 is 19.3 Å². The first-order valence-corrected chi connectivity index (χ1v) is 5.72. The third-order valence-corrected chi connectivity index (χ3v) is 2.90. The minimum atomic E-state index is -4.87. The number of carbonyl (C=O) groups is 1. The minimum Gasteiger partial charge on any atom is -0.493 e. The highest BCUT2D eigenvalue weighted by Crippen LogP contribution is 2.46. The molecular formula is C13H11F3O5. The van der Waals surface area contributed by atoms with Crippen molar-refractivity contribution < 1.29 is 37.3 Å². The lowest BCUT2D eigenvalue weighted by molar-refractivity contribution is -0.187. The van der Waals surface area contributed by atoms with Crippen LogP contribution in [0.15, 0.2) is 17.7 Å². The van der Waals surface area contributed by atoms with Gasteiger partial charge in [0.05, 0.1) is 19.8 Å². The largest absolute Gasteiger partial charge is 0.493 e. The second-order valence-electron chi connectivity index (χ2n) is 4.16. The summed E-state index contributed by atoms with van der Waals surface area (Å²) in [7, 11) is 2.58. The fourth-order valence-electron chi connectivity index (χ4n) is 1.99. The van der Waals surface area contributed by atoms with Crippen molar-refractivity contribution in [2.75, 3.05) is 14.2 Å². The van der Waals surface area contributed by atoms with E-state index in [2.05, 4.69) is 0 Å². The van der Waals surface area contributed by atoms with E-state index in [0.29, 0.717) is 0 Å². The summed E-state index contributed by atoms with van der Waals surface area (Å²) in [5, 5.41) is 8.92. The van der Waals surface area contributed by atoms with Gasteiger partial charge in [-0.25, -0.2) is 4.79 Å². The number of alkyl halides is 3. The molecule has 114 valence electrons. The van der Waals surface area contributed by atoms with Crippen LogP contribution in [0.3, 0.4) is 0 Å². The number of methoxy groups -OCH3 is 2. The van der Waals surface area contributed by atoms with Crippen LogP contribution in [-0.2, 0) is 4.79 Å². The van der Waals surface area contributed by atoms with Crippen molar-refractivity contribution in [3.8, 4) is 17.2 Å². The lowest BCUT2D eigenvalue weighted by Gasteiger charge is -2.28. The van der Waals surface area contributed by atoms with E-state index in [1.54, 1.807) is 0 Å². The molecule has 2 rings (SSSR count). The second kappa shape index (κ2) is 5.19. The van der Waals surface area contributed by atoms with E-state index >= 15 is 0 Å². The summed E-state index contributed by atoms with van der Waals surface area (Å²) in [5.74, 6) is -1.74. The molecule has 0 aliphatic carbocycles. The van der Waals surface area contributed by atoms with Crippen LogP contribution in [0.2, 0.25) is 0 Å². The standard InChI is InChI=1S/C13H11F3O5/c1-19-8-4-3-6-5-7(12(17)18)11(13(14,15)16)21-9(6)10(8)20-2/h3-5,11H,1-2H3,(H,17,18). The maximum atomic E-state index is 13.0. The van der Waals surface area contributed by atoms with Crippen LogP contribution in [0.4, 0.5) is 13.2 Å². The van der Waals surface area contributed by atoms with Gasteiger partial charge in [-0.15, -0.1) is 0 Å². The second-order valence-corrected chi connectivity index (χ2v) is 4.16. The molecule has 1 aromatic carbocycles. The molecule has 0 saturated carbocycles. The molecule has 0 spiro atoms. The Morgan fingerprint density at radius 2 is 1.95 bits per heavy atom. The number of fused-ring (bicyclic) bond motifs is 1. The van der Waals surface area contributed by atoms with Crippen LogP contribution in [0, 0.1) is 0 Å². The van der Waals surface area contributed by atoms with Gasteiger partial charge in [0.25, 0.3) is 0 Å². The van der Waals surface area contributed by atoms with Gasteiger partial charge in [0.15, 0.2) is 11.5 Å². The number of benzene rings is 1. The monoisotopic (exact) mass is 304 g/mol. The Labute approximate surface area is 117 Å². The summed E-state index contributed by atoms with van der Waals surface area (Å²) < 4.78 is 53.7. The first kappa shape index (κ1) is 15.0. The fraction of sp³-hybridized carbons (Fsp3) is 0.308. The zero-order chi connectivity index (χ0) is 15.8. The highest BCUT2D eigenvalue weighted by atomic mass is 19.4. The Hall–Kier alpha value is -2.38. The maximum absolute atomic E-state index is 13.0. The zero-order valence-corrected chi connectivity index (χ0v) is 11.0. The Kier molecular flexibility index (Phi) is 3.71. The van der Waals surface area contributed by atoms with Gasteiger partial charge in [-0.1, -0.05) is 0 Å². The van der Waals surface area contributed by atoms with Crippen LogP contribution < -0.4 is 14.2 Å². The van der Waals surface area contributed by atoms with Crippen molar-refractivity contribution >= 4 is 12.0 Å². The Balaban J connectivity index is 2.63. The number of hydrogen-bond donors (Lipinski definition) is 1. The lowest BCUT2D eigenvalue weighted by atomic mass is 10.0. The summed E-state index contributed by atoms with van der Waals surface area (Å²) in [6.07, 6.45) is -6.51. The molecule has 8 heteroatoms. The van der Waals surface area contributed by atoms with Crippen LogP contribution in [0.25, 0.3) is 6.08 Å². The van der Waals surface area contributed by atoms with E-state index in [9.17, 15) is 18.0 Å². The van der Waals surface area contributed by atoms with Crippen LogP contribution in [0.5, 0.6) is 17.2 Å². The average molecular weight is 304 g/mol. The summed E-state index contributed by atoms with van der Waals surface area (Å²) in [6.45, 7) is 0. The van der Waals surface area contributed by atoms with Crippen molar-refractivity contribution in [1.29, 1.82) is 0 Å². The highest BCUT2D eigenvalue weighted by molar-refractivity contribution is 5.95. The van der Waals surface area contributed by atoms with Crippen molar-refractivity contribution in [1.82, 2.24) is 0 Å². The van der Waals surface area contributed by atoms with E-state index < -0.39 is 23.8 Å². The third-order valence-electron chi connectivity index (χ3n) is 2.90. The van der Waals surface area contributed by atoms with Crippen LogP contribution >= 0.6 is 0 Å². The zero-order valence-electron chi connectivity index (χ0n) is 11.0. The van der Waals surface area contributed by atoms with Gasteiger partial charge in [-0.05, 0) is 18.2 Å². The number of carboxylic acid groups (broad SMARTS) is 1. The van der Waals surface area contributed by atoms with Crippen molar-refractivity contribution in [2.24, 2.45) is 0 Å². The van der Waals surface area contributed by atoms with Gasteiger partial charge in [-0.2, -0.15) is 13.2 Å². The molecule has 1 aromatic rings. The Morgan fingerprint density at radius 3 is 2.43 bits per heavy atom. The van der Waals surface area contributed by atoms with Crippen molar-refractivity contribution in [3.05, 3.63) is 23.3 Å². The molecule has 0 bridgehead atoms. The van der Waals surface area contributed by atoms with Crippen LogP contribution in [0.1, 0.15) is 5.56 Å². The number of rotatable bonds is 3. The van der Waals surface area contributed by atoms with E-state index in [1.165, 1.54) is 26.4 Å². The number of halogens is 3. The SMILES string of the molecule is COc1ccc2c(c1OC)OC(C(F)(F)F)C(C(=O)O)=C2. The van der Waals surface area contributed by atoms with Gasteiger partial charge in [-0.3, -0.25) is 0 Å². The molecular weight excluding hydrogens is 293 g/mol. The molecule has 1 aliphatic rings. The van der Waals surface area contributed by atoms with E-state index in [-0.39, 0.29) is 22.8 Å². The first-order valence-electron chi connectivity index (χ1n) is 5.72. The first-order chi connectivity index (χ1) is 9.79. The summed E-state index contributed by atoms with van der Waals surface area (Å²) in [4.78, 5) is 11.0. The molecule has 1 unspecified atom stereocenters. The lowest BCUT2D eigenvalue weighted by Crippen LogP contribution is -2.40. The summed E-state index contributed by atoms with van der Waals surface area (Å²) in [5.41, 5.74) is -0.715. The highest BCUT2D eigenvalue weighted by Gasteiger charge is 2.49. The number of ether oxygens (including phenoxy) is 3. The van der Waals surface area contributed by atoms with Gasteiger partial charge in [0.2, 0.25) is 11.9 Å². The maximum Gasteiger partial charge on any atom is 0.430 e. The molecule has 0 radical (unpaired) electrons. The predicted molar refractivity (Wildman–Crippen MR) is 65.6 cm³/mol. The molecule has 1 heterocycles. The molecule has 0 amide bonds. The van der Waals surface area contributed by atoms with Gasteiger partial charge in [0, 0.05) is 5.56 Å². The Morgan fingerprint density at radius 1 is 1.29 bits per heavy atom. The molecule has 0 fully saturated rings. The number of aliphatic carboxylic acids is 1. The molecule has 1 N–H and O–H groups in total. The molecule has 0 saturated heterocycles. The molecule has 5 nitrogen and oxygen atoms in total. The molecule has 0 aromatic heterocycles. The smallest absolute Gasteiger partial charge is 0.430 e. The summed E-state index contributed by atoms with van der Waals surface area (Å²) in [6, 6.07) is 2.84. The summed E-state index contributed by atoms with van der Waals surface area (Å²) >= 11 is 0. The van der Waals surface area contributed by atoms with E-state index in [0.717, 1.165) is 6.08 Å². The minimum absolute atomic E-state index is 0.0232. The quantitative estimate of drug-likeness (QED) is 0.929.